The molecule has 0 radical (unpaired) electrons. The van der Waals surface area contributed by atoms with E-state index >= 15 is 0 Å². The fourth-order valence-electron chi connectivity index (χ4n) is 1.38. The van der Waals surface area contributed by atoms with Crippen molar-refractivity contribution in [3.05, 3.63) is 35.9 Å². The average molecular weight is 253 g/mol. The fourth-order valence-corrected chi connectivity index (χ4v) is 1.85. The Morgan fingerprint density at radius 3 is 2.64 bits per heavy atom. The molecule has 14 heavy (non-hydrogen) atoms. The molecule has 4 heteroatoms. The van der Waals surface area contributed by atoms with Gasteiger partial charge in [0, 0.05) is 5.56 Å². The molecule has 2 rings (SSSR count). The predicted molar refractivity (Wildman–Crippen MR) is 57.0 cm³/mol. The zero-order valence-electron chi connectivity index (χ0n) is 7.43. The molecule has 1 aromatic carbocycles. The lowest BCUT2D eigenvalue weighted by Crippen LogP contribution is -2.26. The number of benzene rings is 1. The zero-order chi connectivity index (χ0) is 9.97. The van der Waals surface area contributed by atoms with Crippen LogP contribution in [0.2, 0.25) is 0 Å². The summed E-state index contributed by atoms with van der Waals surface area (Å²) in [6.07, 6.45) is 0. The van der Waals surface area contributed by atoms with E-state index in [1.807, 2.05) is 18.2 Å². The molecular formula is C10H9BrN2O. The van der Waals surface area contributed by atoms with Gasteiger partial charge in [-0.1, -0.05) is 46.3 Å². The maximum Gasteiger partial charge on any atom is 0.190 e. The summed E-state index contributed by atoms with van der Waals surface area (Å²) in [4.78, 5) is 11.9. The molecule has 0 aromatic heterocycles. The van der Waals surface area contributed by atoms with Gasteiger partial charge in [-0.3, -0.25) is 4.79 Å². The number of halogens is 1. The van der Waals surface area contributed by atoms with Gasteiger partial charge >= 0.3 is 0 Å². The Morgan fingerprint density at radius 1 is 1.36 bits per heavy atom. The van der Waals surface area contributed by atoms with Crippen LogP contribution in [0.4, 0.5) is 0 Å². The molecule has 2 atom stereocenters. The van der Waals surface area contributed by atoms with E-state index in [1.54, 1.807) is 12.1 Å². The number of hydrogen-bond donors (Lipinski definition) is 0. The van der Waals surface area contributed by atoms with E-state index in [1.165, 1.54) is 0 Å². The molecule has 0 fully saturated rings. The van der Waals surface area contributed by atoms with Gasteiger partial charge in [0.15, 0.2) is 5.78 Å². The van der Waals surface area contributed by atoms with Crippen molar-refractivity contribution < 1.29 is 4.79 Å². The van der Waals surface area contributed by atoms with E-state index in [-0.39, 0.29) is 16.7 Å². The van der Waals surface area contributed by atoms with E-state index in [0.29, 0.717) is 12.1 Å². The van der Waals surface area contributed by atoms with Gasteiger partial charge in [0.2, 0.25) is 0 Å². The molecule has 0 saturated heterocycles. The second kappa shape index (κ2) is 4.00. The van der Waals surface area contributed by atoms with Crippen molar-refractivity contribution in [2.45, 2.75) is 10.9 Å². The number of ketones is 1. The lowest BCUT2D eigenvalue weighted by atomic mass is 10.0. The predicted octanol–water partition coefficient (Wildman–Crippen LogP) is 2.47. The first-order valence-corrected chi connectivity index (χ1v) is 5.30. The summed E-state index contributed by atoms with van der Waals surface area (Å²) in [5.41, 5.74) is 0.697. The summed E-state index contributed by atoms with van der Waals surface area (Å²) in [6.45, 7) is 0.587. The van der Waals surface area contributed by atoms with E-state index in [4.69, 9.17) is 0 Å². The van der Waals surface area contributed by atoms with Crippen LogP contribution in [-0.2, 0) is 0 Å². The van der Waals surface area contributed by atoms with Gasteiger partial charge in [0.25, 0.3) is 0 Å². The fraction of sp³-hybridized carbons (Fsp3) is 0.300. The first-order chi connectivity index (χ1) is 6.79. The minimum Gasteiger partial charge on any atom is -0.292 e. The summed E-state index contributed by atoms with van der Waals surface area (Å²) < 4.78 is 0. The van der Waals surface area contributed by atoms with Gasteiger partial charge in [-0.2, -0.15) is 10.2 Å². The van der Waals surface area contributed by atoms with Crippen LogP contribution in [0.3, 0.4) is 0 Å². The molecule has 1 aliphatic rings. The van der Waals surface area contributed by atoms with Crippen molar-refractivity contribution >= 4 is 21.7 Å². The smallest absolute Gasteiger partial charge is 0.190 e. The Labute approximate surface area is 90.4 Å². The van der Waals surface area contributed by atoms with Crippen LogP contribution < -0.4 is 0 Å². The first kappa shape index (κ1) is 9.52. The number of rotatable bonds is 2. The van der Waals surface area contributed by atoms with Crippen molar-refractivity contribution in [3.8, 4) is 0 Å². The van der Waals surface area contributed by atoms with Gasteiger partial charge in [-0.15, -0.1) is 0 Å². The van der Waals surface area contributed by atoms with Crippen LogP contribution in [0.5, 0.6) is 0 Å². The maximum absolute atomic E-state index is 11.9. The molecule has 0 amide bonds. The van der Waals surface area contributed by atoms with Crippen molar-refractivity contribution in [1.82, 2.24) is 0 Å². The van der Waals surface area contributed by atoms with Gasteiger partial charge in [-0.25, -0.2) is 0 Å². The van der Waals surface area contributed by atoms with Crippen LogP contribution in [0.25, 0.3) is 0 Å². The van der Waals surface area contributed by atoms with Crippen LogP contribution in [0.1, 0.15) is 10.4 Å². The van der Waals surface area contributed by atoms with E-state index < -0.39 is 0 Å². The maximum atomic E-state index is 11.9. The summed E-state index contributed by atoms with van der Waals surface area (Å²) >= 11 is 3.39. The molecule has 0 aliphatic carbocycles. The molecular weight excluding hydrogens is 244 g/mol. The Balaban J connectivity index is 2.20. The highest BCUT2D eigenvalue weighted by Gasteiger charge is 2.30. The van der Waals surface area contributed by atoms with E-state index in [0.717, 1.165) is 0 Å². The molecule has 0 N–H and O–H groups in total. The highest BCUT2D eigenvalue weighted by molar-refractivity contribution is 9.09. The topological polar surface area (TPSA) is 41.8 Å². The minimum atomic E-state index is -0.350. The third kappa shape index (κ3) is 1.75. The molecule has 0 spiro atoms. The second-order valence-electron chi connectivity index (χ2n) is 3.13. The third-order valence-corrected chi connectivity index (χ3v) is 2.92. The monoisotopic (exact) mass is 252 g/mol. The number of alkyl halides is 1. The highest BCUT2D eigenvalue weighted by atomic mass is 79.9. The quantitative estimate of drug-likeness (QED) is 0.589. The molecule has 3 nitrogen and oxygen atoms in total. The van der Waals surface area contributed by atoms with Gasteiger partial charge in [0.1, 0.15) is 6.04 Å². The number of carbonyl (C=O) groups excluding carboxylic acids is 1. The Bertz CT molecular complexity index is 364. The largest absolute Gasteiger partial charge is 0.292 e. The van der Waals surface area contributed by atoms with Gasteiger partial charge in [-0.05, 0) is 0 Å². The summed E-state index contributed by atoms with van der Waals surface area (Å²) in [6, 6.07) is 8.84. The molecule has 1 aromatic rings. The first-order valence-electron chi connectivity index (χ1n) is 4.39. The van der Waals surface area contributed by atoms with E-state index in [9.17, 15) is 4.79 Å². The lowest BCUT2D eigenvalue weighted by molar-refractivity contribution is 0.0965. The van der Waals surface area contributed by atoms with Crippen LogP contribution in [-0.4, -0.2) is 23.2 Å². The normalized spacial score (nSPS) is 25.2. The molecule has 0 saturated carbocycles. The average Bonchev–Trinajstić information content (AvgIpc) is 2.65. The molecule has 0 unspecified atom stereocenters. The summed E-state index contributed by atoms with van der Waals surface area (Å²) in [5.74, 6) is 0.0359. The minimum absolute atomic E-state index is 0.0359. The molecule has 1 heterocycles. The van der Waals surface area contributed by atoms with Crippen LogP contribution in [0.15, 0.2) is 40.6 Å². The SMILES string of the molecule is O=C(c1ccccc1)[C@@H]1N=NC[C@H]1Br. The number of nitrogens with zero attached hydrogens (tertiary/aromatic N) is 2. The second-order valence-corrected chi connectivity index (χ2v) is 4.31. The Morgan fingerprint density at radius 2 is 2.07 bits per heavy atom. The van der Waals surface area contributed by atoms with Crippen molar-refractivity contribution in [2.24, 2.45) is 10.2 Å². The Kier molecular flexibility index (Phi) is 2.72. The molecule has 1 aliphatic heterocycles. The zero-order valence-corrected chi connectivity index (χ0v) is 9.02. The Hall–Kier alpha value is -1.03. The van der Waals surface area contributed by atoms with Gasteiger partial charge < -0.3 is 0 Å². The molecule has 72 valence electrons. The van der Waals surface area contributed by atoms with Crippen LogP contribution in [0, 0.1) is 0 Å². The number of Topliss-reactive ketones (excluding diaryl/α,β-unsaturated/α-hetero) is 1. The lowest BCUT2D eigenvalue weighted by Gasteiger charge is -2.08. The molecule has 0 bridgehead atoms. The number of carbonyl (C=O) groups is 1. The van der Waals surface area contributed by atoms with Crippen molar-refractivity contribution in [1.29, 1.82) is 0 Å². The summed E-state index contributed by atoms with van der Waals surface area (Å²) in [7, 11) is 0. The number of hydrogen-bond acceptors (Lipinski definition) is 3. The van der Waals surface area contributed by atoms with Gasteiger partial charge in [0.05, 0.1) is 11.4 Å². The van der Waals surface area contributed by atoms with Crippen LogP contribution >= 0.6 is 15.9 Å². The van der Waals surface area contributed by atoms with Crippen molar-refractivity contribution in [3.63, 3.8) is 0 Å². The summed E-state index contributed by atoms with van der Waals surface area (Å²) in [5, 5.41) is 7.77. The van der Waals surface area contributed by atoms with Crippen molar-refractivity contribution in [2.75, 3.05) is 6.54 Å². The van der Waals surface area contributed by atoms with E-state index in [2.05, 4.69) is 26.2 Å². The highest BCUT2D eigenvalue weighted by Crippen LogP contribution is 2.20. The standard InChI is InChI=1S/C10H9BrN2O/c11-8-6-12-13-9(8)10(14)7-4-2-1-3-5-7/h1-5,8-9H,6H2/t8-,9-/m1/s1. The number of azo groups is 1. The third-order valence-electron chi connectivity index (χ3n) is 2.13.